The van der Waals surface area contributed by atoms with E-state index in [-0.39, 0.29) is 5.41 Å². The van der Waals surface area contributed by atoms with E-state index < -0.39 is 18.5 Å². The van der Waals surface area contributed by atoms with Gasteiger partial charge in [0.25, 0.3) is 0 Å². The predicted octanol–water partition coefficient (Wildman–Crippen LogP) is 1.14. The second-order valence-corrected chi connectivity index (χ2v) is 4.37. The number of likely N-dealkylation sites (tertiary alicyclic amines) is 1. The lowest BCUT2D eigenvalue weighted by Crippen LogP contribution is -2.36. The number of carbonyl (C=O) groups excluding carboxylic acids is 1. The van der Waals surface area contributed by atoms with E-state index in [4.69, 9.17) is 5.73 Å². The molecule has 0 aromatic carbocycles. The van der Waals surface area contributed by atoms with Gasteiger partial charge in [-0.25, -0.2) is 0 Å². The fourth-order valence-electron chi connectivity index (χ4n) is 1.69. The Morgan fingerprint density at radius 2 is 2.13 bits per heavy atom. The minimum absolute atomic E-state index is 0.221. The van der Waals surface area contributed by atoms with E-state index in [0.717, 1.165) is 0 Å². The average molecular weight is 224 g/mol. The summed E-state index contributed by atoms with van der Waals surface area (Å²) in [5.41, 5.74) is 5.28. The van der Waals surface area contributed by atoms with Crippen LogP contribution >= 0.6 is 0 Å². The van der Waals surface area contributed by atoms with E-state index in [2.05, 4.69) is 0 Å². The maximum atomic E-state index is 12.0. The third kappa shape index (κ3) is 3.37. The monoisotopic (exact) mass is 224 g/mol. The van der Waals surface area contributed by atoms with Crippen LogP contribution in [0.1, 0.15) is 19.8 Å². The van der Waals surface area contributed by atoms with Crippen molar-refractivity contribution in [1.82, 2.24) is 4.90 Å². The molecule has 1 atom stereocenters. The smallest absolute Gasteiger partial charge is 0.342 e. The van der Waals surface area contributed by atoms with Gasteiger partial charge in [0.05, 0.1) is 0 Å². The molecule has 6 heteroatoms. The molecule has 1 aliphatic rings. The van der Waals surface area contributed by atoms with Crippen LogP contribution in [0.25, 0.3) is 0 Å². The highest BCUT2D eigenvalue weighted by Gasteiger charge is 2.39. The molecule has 3 nitrogen and oxygen atoms in total. The summed E-state index contributed by atoms with van der Waals surface area (Å²) < 4.78 is 35.9. The molecule has 15 heavy (non-hydrogen) atoms. The van der Waals surface area contributed by atoms with Crippen LogP contribution in [-0.4, -0.2) is 36.6 Å². The molecular formula is C9H15F3N2O. The molecule has 1 aliphatic heterocycles. The molecule has 1 unspecified atom stereocenters. The van der Waals surface area contributed by atoms with E-state index in [1.807, 2.05) is 6.92 Å². The number of alkyl halides is 3. The number of rotatable bonds is 2. The molecule has 0 aromatic heterocycles. The van der Waals surface area contributed by atoms with Gasteiger partial charge >= 0.3 is 6.18 Å². The van der Waals surface area contributed by atoms with Crippen LogP contribution in [0.2, 0.25) is 0 Å². The lowest BCUT2D eigenvalue weighted by atomic mass is 9.90. The summed E-state index contributed by atoms with van der Waals surface area (Å²) in [6.45, 7) is 2.98. The molecule has 2 N–H and O–H groups in total. The number of halogens is 3. The molecule has 1 heterocycles. The Hall–Kier alpha value is -0.780. The van der Waals surface area contributed by atoms with Gasteiger partial charge in [0.2, 0.25) is 5.91 Å². The van der Waals surface area contributed by atoms with Gasteiger partial charge in [0, 0.05) is 13.1 Å². The van der Waals surface area contributed by atoms with Crippen molar-refractivity contribution in [3.8, 4) is 0 Å². The fraction of sp³-hybridized carbons (Fsp3) is 0.889. The molecule has 0 spiro atoms. The Morgan fingerprint density at radius 1 is 1.53 bits per heavy atom. The zero-order valence-electron chi connectivity index (χ0n) is 8.60. The summed E-state index contributed by atoms with van der Waals surface area (Å²) in [7, 11) is 0. The van der Waals surface area contributed by atoms with E-state index in [1.54, 1.807) is 0 Å². The first-order chi connectivity index (χ1) is 6.76. The Morgan fingerprint density at radius 3 is 2.53 bits per heavy atom. The van der Waals surface area contributed by atoms with Gasteiger partial charge in [-0.1, -0.05) is 6.92 Å². The standard InChI is InChI=1S/C9H15F3N2O/c1-8(5-13)2-3-14(6-8)7(15)4-9(10,11)12/h2-6,13H2,1H3. The third-order valence-electron chi connectivity index (χ3n) is 2.76. The first kappa shape index (κ1) is 12.3. The Labute approximate surface area is 86.4 Å². The highest BCUT2D eigenvalue weighted by atomic mass is 19.4. The maximum absolute atomic E-state index is 12.0. The fourth-order valence-corrected chi connectivity index (χ4v) is 1.69. The van der Waals surface area contributed by atoms with E-state index in [0.29, 0.717) is 26.1 Å². The van der Waals surface area contributed by atoms with Gasteiger partial charge in [-0.05, 0) is 18.4 Å². The SMILES string of the molecule is CC1(CN)CCN(C(=O)CC(F)(F)F)C1. The van der Waals surface area contributed by atoms with Gasteiger partial charge in [-0.15, -0.1) is 0 Å². The zero-order chi connectivity index (χ0) is 11.7. The van der Waals surface area contributed by atoms with Gasteiger partial charge in [-0.2, -0.15) is 13.2 Å². The summed E-state index contributed by atoms with van der Waals surface area (Å²) in [6, 6.07) is 0. The molecule has 0 aliphatic carbocycles. The Balaban J connectivity index is 2.51. The van der Waals surface area contributed by atoms with Crippen LogP contribution in [0.3, 0.4) is 0 Å². The maximum Gasteiger partial charge on any atom is 0.397 e. The molecule has 1 amide bonds. The average Bonchev–Trinajstić information content (AvgIpc) is 2.46. The number of hydrogen-bond donors (Lipinski definition) is 1. The van der Waals surface area contributed by atoms with Crippen LogP contribution in [0, 0.1) is 5.41 Å². The van der Waals surface area contributed by atoms with Crippen molar-refractivity contribution < 1.29 is 18.0 Å². The second kappa shape index (κ2) is 4.00. The third-order valence-corrected chi connectivity index (χ3v) is 2.76. The Kier molecular flexibility index (Phi) is 3.28. The summed E-state index contributed by atoms with van der Waals surface area (Å²) in [4.78, 5) is 12.5. The molecule has 1 saturated heterocycles. The lowest BCUT2D eigenvalue weighted by molar-refractivity contribution is -0.160. The number of amides is 1. The molecule has 1 fully saturated rings. The molecule has 0 saturated carbocycles. The van der Waals surface area contributed by atoms with E-state index in [9.17, 15) is 18.0 Å². The van der Waals surface area contributed by atoms with Crippen molar-refractivity contribution in [2.45, 2.75) is 25.9 Å². The van der Waals surface area contributed by atoms with Crippen molar-refractivity contribution in [1.29, 1.82) is 0 Å². The first-order valence-corrected chi connectivity index (χ1v) is 4.80. The van der Waals surface area contributed by atoms with E-state index >= 15 is 0 Å². The molecule has 1 rings (SSSR count). The van der Waals surface area contributed by atoms with Crippen molar-refractivity contribution in [3.63, 3.8) is 0 Å². The molecule has 0 aromatic rings. The molecule has 88 valence electrons. The van der Waals surface area contributed by atoms with Crippen molar-refractivity contribution in [3.05, 3.63) is 0 Å². The van der Waals surface area contributed by atoms with Crippen LogP contribution in [0.15, 0.2) is 0 Å². The van der Waals surface area contributed by atoms with Crippen LogP contribution in [0.4, 0.5) is 13.2 Å². The summed E-state index contributed by atoms with van der Waals surface area (Å²) in [5.74, 6) is -0.848. The number of carbonyl (C=O) groups is 1. The van der Waals surface area contributed by atoms with Crippen molar-refractivity contribution in [2.75, 3.05) is 19.6 Å². The largest absolute Gasteiger partial charge is 0.397 e. The Bertz CT molecular complexity index is 254. The van der Waals surface area contributed by atoms with E-state index in [1.165, 1.54) is 4.90 Å². The van der Waals surface area contributed by atoms with Crippen LogP contribution in [-0.2, 0) is 4.79 Å². The zero-order valence-corrected chi connectivity index (χ0v) is 8.60. The van der Waals surface area contributed by atoms with Gasteiger partial charge in [-0.3, -0.25) is 4.79 Å². The molecular weight excluding hydrogens is 209 g/mol. The lowest BCUT2D eigenvalue weighted by Gasteiger charge is -2.22. The molecule has 0 bridgehead atoms. The van der Waals surface area contributed by atoms with Gasteiger partial charge in [0.15, 0.2) is 0 Å². The quantitative estimate of drug-likeness (QED) is 0.764. The number of hydrogen-bond acceptors (Lipinski definition) is 2. The first-order valence-electron chi connectivity index (χ1n) is 4.80. The van der Waals surface area contributed by atoms with Crippen LogP contribution < -0.4 is 5.73 Å². The minimum atomic E-state index is -4.42. The summed E-state index contributed by atoms with van der Waals surface area (Å²) in [5, 5.41) is 0. The minimum Gasteiger partial charge on any atom is -0.342 e. The van der Waals surface area contributed by atoms with Crippen LogP contribution in [0.5, 0.6) is 0 Å². The highest BCUT2D eigenvalue weighted by Crippen LogP contribution is 2.30. The number of nitrogens with zero attached hydrogens (tertiary/aromatic N) is 1. The van der Waals surface area contributed by atoms with Crippen molar-refractivity contribution >= 4 is 5.91 Å². The van der Waals surface area contributed by atoms with Crippen molar-refractivity contribution in [2.24, 2.45) is 11.1 Å². The highest BCUT2D eigenvalue weighted by molar-refractivity contribution is 5.77. The predicted molar refractivity (Wildman–Crippen MR) is 49.0 cm³/mol. The number of nitrogens with two attached hydrogens (primary N) is 1. The topological polar surface area (TPSA) is 46.3 Å². The van der Waals surface area contributed by atoms with Gasteiger partial charge < -0.3 is 10.6 Å². The normalized spacial score (nSPS) is 27.1. The summed E-state index contributed by atoms with van der Waals surface area (Å²) in [6.07, 6.45) is -5.11. The molecule has 0 radical (unpaired) electrons. The second-order valence-electron chi connectivity index (χ2n) is 4.37. The van der Waals surface area contributed by atoms with Gasteiger partial charge in [0.1, 0.15) is 6.42 Å². The summed E-state index contributed by atoms with van der Waals surface area (Å²) >= 11 is 0.